The minimum absolute atomic E-state index is 0.619. The molecule has 5 nitrogen and oxygen atoms in total. The summed E-state index contributed by atoms with van der Waals surface area (Å²) in [5, 5.41) is 4.02. The van der Waals surface area contributed by atoms with Crippen molar-refractivity contribution in [2.75, 3.05) is 13.1 Å². The van der Waals surface area contributed by atoms with Crippen LogP contribution in [0.15, 0.2) is 29.0 Å². The van der Waals surface area contributed by atoms with Crippen molar-refractivity contribution < 1.29 is 4.52 Å². The van der Waals surface area contributed by atoms with Crippen LogP contribution in [0.5, 0.6) is 0 Å². The fourth-order valence-corrected chi connectivity index (χ4v) is 2.55. The lowest BCUT2D eigenvalue weighted by molar-refractivity contribution is 0.157. The SMILES string of the molecule is CC1CCCN(Cc2nc(-c3cccnc3)no2)C1. The molecule has 1 unspecified atom stereocenters. The fraction of sp³-hybridized carbons (Fsp3) is 0.500. The van der Waals surface area contributed by atoms with Crippen LogP contribution >= 0.6 is 0 Å². The third-order valence-corrected chi connectivity index (χ3v) is 3.49. The van der Waals surface area contributed by atoms with Crippen LogP contribution < -0.4 is 0 Å². The zero-order chi connectivity index (χ0) is 13.1. The minimum Gasteiger partial charge on any atom is -0.338 e. The van der Waals surface area contributed by atoms with Gasteiger partial charge in [0.05, 0.1) is 6.54 Å². The van der Waals surface area contributed by atoms with Gasteiger partial charge in [-0.1, -0.05) is 12.1 Å². The number of hydrogen-bond acceptors (Lipinski definition) is 5. The standard InChI is InChI=1S/C14H18N4O/c1-11-4-3-7-18(9-11)10-13-16-14(17-19-13)12-5-2-6-15-8-12/h2,5-6,8,11H,3-4,7,9-10H2,1H3. The van der Waals surface area contributed by atoms with Crippen LogP contribution in [0.1, 0.15) is 25.7 Å². The van der Waals surface area contributed by atoms with E-state index in [0.717, 1.165) is 31.1 Å². The topological polar surface area (TPSA) is 55.1 Å². The second-order valence-electron chi connectivity index (χ2n) is 5.24. The third-order valence-electron chi connectivity index (χ3n) is 3.49. The first kappa shape index (κ1) is 12.3. The highest BCUT2D eigenvalue weighted by molar-refractivity contribution is 5.51. The lowest BCUT2D eigenvalue weighted by Gasteiger charge is -2.29. The Balaban J connectivity index is 1.68. The summed E-state index contributed by atoms with van der Waals surface area (Å²) in [4.78, 5) is 10.9. The quantitative estimate of drug-likeness (QED) is 0.846. The molecule has 1 saturated heterocycles. The molecule has 2 aromatic rings. The molecule has 100 valence electrons. The summed E-state index contributed by atoms with van der Waals surface area (Å²) >= 11 is 0. The number of hydrogen-bond donors (Lipinski definition) is 0. The second kappa shape index (κ2) is 5.48. The second-order valence-corrected chi connectivity index (χ2v) is 5.24. The van der Waals surface area contributed by atoms with Gasteiger partial charge in [-0.15, -0.1) is 0 Å². The fourth-order valence-electron chi connectivity index (χ4n) is 2.55. The highest BCUT2D eigenvalue weighted by Crippen LogP contribution is 2.19. The molecular formula is C14H18N4O. The van der Waals surface area contributed by atoms with Crippen LogP contribution in [0.25, 0.3) is 11.4 Å². The maximum absolute atomic E-state index is 5.33. The Morgan fingerprint density at radius 3 is 3.21 bits per heavy atom. The van der Waals surface area contributed by atoms with Gasteiger partial charge < -0.3 is 4.52 Å². The van der Waals surface area contributed by atoms with Gasteiger partial charge in [0, 0.05) is 24.5 Å². The van der Waals surface area contributed by atoms with Crippen molar-refractivity contribution in [1.82, 2.24) is 20.0 Å². The molecular weight excluding hydrogens is 240 g/mol. The van der Waals surface area contributed by atoms with Crippen molar-refractivity contribution in [3.63, 3.8) is 0 Å². The summed E-state index contributed by atoms with van der Waals surface area (Å²) in [5.41, 5.74) is 0.893. The molecule has 1 fully saturated rings. The minimum atomic E-state index is 0.619. The largest absolute Gasteiger partial charge is 0.338 e. The molecule has 0 N–H and O–H groups in total. The van der Waals surface area contributed by atoms with E-state index in [-0.39, 0.29) is 0 Å². The molecule has 0 amide bonds. The van der Waals surface area contributed by atoms with Crippen molar-refractivity contribution in [3.05, 3.63) is 30.4 Å². The predicted octanol–water partition coefficient (Wildman–Crippen LogP) is 2.36. The highest BCUT2D eigenvalue weighted by Gasteiger charge is 2.19. The van der Waals surface area contributed by atoms with Crippen LogP contribution in [0.2, 0.25) is 0 Å². The Morgan fingerprint density at radius 2 is 2.42 bits per heavy atom. The molecule has 19 heavy (non-hydrogen) atoms. The van der Waals surface area contributed by atoms with E-state index >= 15 is 0 Å². The van der Waals surface area contributed by atoms with Crippen LogP contribution in [0.4, 0.5) is 0 Å². The highest BCUT2D eigenvalue weighted by atomic mass is 16.5. The van der Waals surface area contributed by atoms with E-state index in [9.17, 15) is 0 Å². The predicted molar refractivity (Wildman–Crippen MR) is 71.2 cm³/mol. The molecule has 0 aliphatic carbocycles. The molecule has 0 aromatic carbocycles. The Morgan fingerprint density at radius 1 is 1.47 bits per heavy atom. The first-order chi connectivity index (χ1) is 9.31. The summed E-state index contributed by atoms with van der Waals surface area (Å²) in [6.07, 6.45) is 6.06. The molecule has 3 heterocycles. The van der Waals surface area contributed by atoms with E-state index in [1.807, 2.05) is 12.1 Å². The molecule has 1 aliphatic rings. The normalized spacial score (nSPS) is 20.6. The van der Waals surface area contributed by atoms with E-state index < -0.39 is 0 Å². The average Bonchev–Trinajstić information content (AvgIpc) is 2.88. The average molecular weight is 258 g/mol. The van der Waals surface area contributed by atoms with Crippen LogP contribution in [-0.4, -0.2) is 33.1 Å². The Hall–Kier alpha value is -1.75. The molecule has 0 spiro atoms. The number of pyridine rings is 1. The molecule has 1 aliphatic heterocycles. The monoisotopic (exact) mass is 258 g/mol. The summed E-state index contributed by atoms with van der Waals surface area (Å²) in [6.45, 7) is 5.28. The number of nitrogens with zero attached hydrogens (tertiary/aromatic N) is 4. The molecule has 0 saturated carbocycles. The van der Waals surface area contributed by atoms with Crippen molar-refractivity contribution >= 4 is 0 Å². The Kier molecular flexibility index (Phi) is 3.55. The van der Waals surface area contributed by atoms with Crippen molar-refractivity contribution in [1.29, 1.82) is 0 Å². The van der Waals surface area contributed by atoms with Crippen molar-refractivity contribution in [3.8, 4) is 11.4 Å². The van der Waals surface area contributed by atoms with Gasteiger partial charge in [-0.2, -0.15) is 4.98 Å². The molecule has 3 rings (SSSR count). The molecule has 2 aromatic heterocycles. The van der Waals surface area contributed by atoms with Crippen molar-refractivity contribution in [2.45, 2.75) is 26.3 Å². The van der Waals surface area contributed by atoms with E-state index in [4.69, 9.17) is 4.52 Å². The molecule has 0 bridgehead atoms. The van der Waals surface area contributed by atoms with E-state index in [2.05, 4.69) is 26.9 Å². The van der Waals surface area contributed by atoms with Crippen molar-refractivity contribution in [2.24, 2.45) is 5.92 Å². The summed E-state index contributed by atoms with van der Waals surface area (Å²) in [7, 11) is 0. The van der Waals surface area contributed by atoms with E-state index in [1.54, 1.807) is 12.4 Å². The maximum Gasteiger partial charge on any atom is 0.241 e. The Labute approximate surface area is 112 Å². The number of piperidine rings is 1. The van der Waals surface area contributed by atoms with Crippen LogP contribution in [-0.2, 0) is 6.54 Å². The lowest BCUT2D eigenvalue weighted by Crippen LogP contribution is -2.33. The van der Waals surface area contributed by atoms with Crippen LogP contribution in [0, 0.1) is 5.92 Å². The van der Waals surface area contributed by atoms with E-state index in [0.29, 0.717) is 11.7 Å². The summed E-state index contributed by atoms with van der Waals surface area (Å²) in [6, 6.07) is 3.81. The first-order valence-electron chi connectivity index (χ1n) is 6.76. The van der Waals surface area contributed by atoms with Gasteiger partial charge >= 0.3 is 0 Å². The number of likely N-dealkylation sites (tertiary alicyclic amines) is 1. The number of aromatic nitrogens is 3. The van der Waals surface area contributed by atoms with Gasteiger partial charge in [0.2, 0.25) is 11.7 Å². The van der Waals surface area contributed by atoms with E-state index in [1.165, 1.54) is 12.8 Å². The van der Waals surface area contributed by atoms with Gasteiger partial charge in [-0.25, -0.2) is 0 Å². The third kappa shape index (κ3) is 2.98. The Bertz CT molecular complexity index is 525. The van der Waals surface area contributed by atoms with Gasteiger partial charge in [-0.3, -0.25) is 9.88 Å². The smallest absolute Gasteiger partial charge is 0.241 e. The zero-order valence-electron chi connectivity index (χ0n) is 11.1. The summed E-state index contributed by atoms with van der Waals surface area (Å²) < 4.78 is 5.33. The van der Waals surface area contributed by atoms with Gasteiger partial charge in [0.15, 0.2) is 0 Å². The van der Waals surface area contributed by atoms with Gasteiger partial charge in [0.1, 0.15) is 0 Å². The van der Waals surface area contributed by atoms with Crippen LogP contribution in [0.3, 0.4) is 0 Å². The molecule has 5 heteroatoms. The maximum atomic E-state index is 5.33. The first-order valence-corrected chi connectivity index (χ1v) is 6.76. The van der Waals surface area contributed by atoms with Gasteiger partial charge in [0.25, 0.3) is 0 Å². The molecule has 0 radical (unpaired) electrons. The number of rotatable bonds is 3. The summed E-state index contributed by atoms with van der Waals surface area (Å²) in [5.74, 6) is 2.07. The lowest BCUT2D eigenvalue weighted by atomic mass is 10.0. The molecule has 1 atom stereocenters. The van der Waals surface area contributed by atoms with Gasteiger partial charge in [-0.05, 0) is 37.4 Å². The zero-order valence-corrected chi connectivity index (χ0v) is 11.1.